The summed E-state index contributed by atoms with van der Waals surface area (Å²) in [7, 11) is 3.14. The van der Waals surface area contributed by atoms with Crippen LogP contribution in [0, 0.1) is 6.92 Å². The summed E-state index contributed by atoms with van der Waals surface area (Å²) in [4.78, 5) is 14.3. The van der Waals surface area contributed by atoms with E-state index in [1.54, 1.807) is 31.3 Å². The first-order valence-electron chi connectivity index (χ1n) is 6.76. The van der Waals surface area contributed by atoms with Gasteiger partial charge in [0.1, 0.15) is 11.5 Å². The standard InChI is InChI=1S/C15H21NO4/c1-10-13(19-2)7-11(8-14(10)20-3)15(18)16-6-4-5-12(16)9-17/h7-8,12,17H,4-6,9H2,1-3H3/t12-/m1/s1. The molecule has 110 valence electrons. The molecule has 1 aliphatic heterocycles. The second-order valence-electron chi connectivity index (χ2n) is 4.98. The van der Waals surface area contributed by atoms with E-state index in [1.165, 1.54) is 0 Å². The molecule has 1 heterocycles. The molecule has 0 unspecified atom stereocenters. The first-order chi connectivity index (χ1) is 9.62. The van der Waals surface area contributed by atoms with E-state index < -0.39 is 0 Å². The molecule has 0 aromatic heterocycles. The number of carbonyl (C=O) groups is 1. The molecule has 1 atom stereocenters. The van der Waals surface area contributed by atoms with Crippen LogP contribution in [0.25, 0.3) is 0 Å². The number of methoxy groups -OCH3 is 2. The van der Waals surface area contributed by atoms with Gasteiger partial charge in [-0.05, 0) is 31.9 Å². The van der Waals surface area contributed by atoms with Crippen LogP contribution in [0.1, 0.15) is 28.8 Å². The number of hydrogen-bond donors (Lipinski definition) is 1. The lowest BCUT2D eigenvalue weighted by molar-refractivity contribution is 0.0677. The molecule has 2 rings (SSSR count). The molecule has 1 aromatic carbocycles. The van der Waals surface area contributed by atoms with Crippen molar-refractivity contribution in [3.05, 3.63) is 23.3 Å². The number of rotatable bonds is 4. The lowest BCUT2D eigenvalue weighted by atomic mass is 10.1. The Morgan fingerprint density at radius 2 is 1.95 bits per heavy atom. The number of amides is 1. The molecular weight excluding hydrogens is 258 g/mol. The molecular formula is C15H21NO4. The van der Waals surface area contributed by atoms with Crippen molar-refractivity contribution in [2.45, 2.75) is 25.8 Å². The predicted molar refractivity (Wildman–Crippen MR) is 75.4 cm³/mol. The topological polar surface area (TPSA) is 59.0 Å². The van der Waals surface area contributed by atoms with E-state index in [9.17, 15) is 9.90 Å². The Morgan fingerprint density at radius 1 is 1.35 bits per heavy atom. The summed E-state index contributed by atoms with van der Waals surface area (Å²) in [5, 5.41) is 9.33. The maximum atomic E-state index is 12.6. The van der Waals surface area contributed by atoms with E-state index in [4.69, 9.17) is 9.47 Å². The van der Waals surface area contributed by atoms with Crippen LogP contribution in [0.4, 0.5) is 0 Å². The predicted octanol–water partition coefficient (Wildman–Crippen LogP) is 1.61. The third-order valence-corrected chi connectivity index (χ3v) is 3.85. The van der Waals surface area contributed by atoms with Gasteiger partial charge in [0.15, 0.2) is 0 Å². The van der Waals surface area contributed by atoms with Gasteiger partial charge in [-0.15, -0.1) is 0 Å². The van der Waals surface area contributed by atoms with E-state index in [0.717, 1.165) is 18.4 Å². The van der Waals surface area contributed by atoms with Gasteiger partial charge in [0.2, 0.25) is 0 Å². The highest BCUT2D eigenvalue weighted by molar-refractivity contribution is 5.95. The Hall–Kier alpha value is -1.75. The van der Waals surface area contributed by atoms with Crippen molar-refractivity contribution < 1.29 is 19.4 Å². The molecule has 0 spiro atoms. The first-order valence-corrected chi connectivity index (χ1v) is 6.76. The average Bonchev–Trinajstić information content (AvgIpc) is 2.95. The van der Waals surface area contributed by atoms with Crippen molar-refractivity contribution in [3.63, 3.8) is 0 Å². The number of aliphatic hydroxyl groups excluding tert-OH is 1. The zero-order valence-corrected chi connectivity index (χ0v) is 12.2. The summed E-state index contributed by atoms with van der Waals surface area (Å²) >= 11 is 0. The summed E-state index contributed by atoms with van der Waals surface area (Å²) < 4.78 is 10.6. The number of likely N-dealkylation sites (tertiary alicyclic amines) is 1. The zero-order chi connectivity index (χ0) is 14.7. The third kappa shape index (κ3) is 2.58. The van der Waals surface area contributed by atoms with E-state index >= 15 is 0 Å². The van der Waals surface area contributed by atoms with Crippen molar-refractivity contribution in [1.29, 1.82) is 0 Å². The summed E-state index contributed by atoms with van der Waals surface area (Å²) in [5.74, 6) is 1.18. The Balaban J connectivity index is 2.34. The van der Waals surface area contributed by atoms with E-state index in [2.05, 4.69) is 0 Å². The minimum absolute atomic E-state index is 0.00582. The maximum absolute atomic E-state index is 12.6. The molecule has 1 N–H and O–H groups in total. The number of carbonyl (C=O) groups excluding carboxylic acids is 1. The summed E-state index contributed by atoms with van der Waals surface area (Å²) in [6, 6.07) is 3.38. The Morgan fingerprint density at radius 3 is 2.45 bits per heavy atom. The fourth-order valence-electron chi connectivity index (χ4n) is 2.67. The number of nitrogens with zero attached hydrogens (tertiary/aromatic N) is 1. The van der Waals surface area contributed by atoms with Crippen LogP contribution in [-0.2, 0) is 0 Å². The van der Waals surface area contributed by atoms with Crippen LogP contribution in [0.5, 0.6) is 11.5 Å². The molecule has 0 radical (unpaired) electrons. The average molecular weight is 279 g/mol. The molecule has 5 nitrogen and oxygen atoms in total. The molecule has 1 aliphatic rings. The van der Waals surface area contributed by atoms with Crippen LogP contribution in [0.2, 0.25) is 0 Å². The largest absolute Gasteiger partial charge is 0.496 e. The molecule has 0 bridgehead atoms. The molecule has 5 heteroatoms. The summed E-state index contributed by atoms with van der Waals surface area (Å²) in [6.45, 7) is 2.58. The van der Waals surface area contributed by atoms with E-state index in [1.807, 2.05) is 6.92 Å². The molecule has 1 amide bonds. The van der Waals surface area contributed by atoms with E-state index in [0.29, 0.717) is 23.6 Å². The number of benzene rings is 1. The smallest absolute Gasteiger partial charge is 0.254 e. The fraction of sp³-hybridized carbons (Fsp3) is 0.533. The Bertz CT molecular complexity index is 476. The molecule has 1 fully saturated rings. The van der Waals surface area contributed by atoms with Gasteiger partial charge in [-0.2, -0.15) is 0 Å². The molecule has 20 heavy (non-hydrogen) atoms. The fourth-order valence-corrected chi connectivity index (χ4v) is 2.67. The summed E-state index contributed by atoms with van der Waals surface area (Å²) in [6.07, 6.45) is 1.78. The van der Waals surface area contributed by atoms with Crippen molar-refractivity contribution >= 4 is 5.91 Å². The van der Waals surface area contributed by atoms with Gasteiger partial charge in [0.25, 0.3) is 5.91 Å². The van der Waals surface area contributed by atoms with Crippen LogP contribution in [0.15, 0.2) is 12.1 Å². The van der Waals surface area contributed by atoms with Crippen LogP contribution in [-0.4, -0.2) is 49.3 Å². The van der Waals surface area contributed by atoms with Gasteiger partial charge in [-0.25, -0.2) is 0 Å². The van der Waals surface area contributed by atoms with Gasteiger partial charge in [-0.1, -0.05) is 0 Å². The van der Waals surface area contributed by atoms with Crippen molar-refractivity contribution in [3.8, 4) is 11.5 Å². The lowest BCUT2D eigenvalue weighted by Gasteiger charge is -2.23. The molecule has 1 aromatic rings. The minimum Gasteiger partial charge on any atom is -0.496 e. The van der Waals surface area contributed by atoms with Gasteiger partial charge in [0, 0.05) is 17.7 Å². The monoisotopic (exact) mass is 279 g/mol. The normalized spacial score (nSPS) is 18.2. The van der Waals surface area contributed by atoms with Gasteiger partial charge in [0.05, 0.1) is 26.9 Å². The van der Waals surface area contributed by atoms with Gasteiger partial charge >= 0.3 is 0 Å². The van der Waals surface area contributed by atoms with Crippen LogP contribution < -0.4 is 9.47 Å². The second-order valence-corrected chi connectivity index (χ2v) is 4.98. The number of aliphatic hydroxyl groups is 1. The number of hydrogen-bond acceptors (Lipinski definition) is 4. The minimum atomic E-state index is -0.0850. The van der Waals surface area contributed by atoms with E-state index in [-0.39, 0.29) is 18.6 Å². The molecule has 0 aliphatic carbocycles. The molecule has 1 saturated heterocycles. The quantitative estimate of drug-likeness (QED) is 0.909. The second kappa shape index (κ2) is 6.13. The summed E-state index contributed by atoms with van der Waals surface area (Å²) in [5.41, 5.74) is 1.40. The Labute approximate surface area is 119 Å². The lowest BCUT2D eigenvalue weighted by Crippen LogP contribution is -2.37. The molecule has 0 saturated carbocycles. The zero-order valence-electron chi connectivity index (χ0n) is 12.2. The van der Waals surface area contributed by atoms with Crippen molar-refractivity contribution in [2.75, 3.05) is 27.4 Å². The highest BCUT2D eigenvalue weighted by Gasteiger charge is 2.29. The maximum Gasteiger partial charge on any atom is 0.254 e. The van der Waals surface area contributed by atoms with Crippen LogP contribution >= 0.6 is 0 Å². The van der Waals surface area contributed by atoms with Crippen molar-refractivity contribution in [1.82, 2.24) is 4.90 Å². The third-order valence-electron chi connectivity index (χ3n) is 3.85. The highest BCUT2D eigenvalue weighted by Crippen LogP contribution is 2.31. The van der Waals surface area contributed by atoms with Crippen LogP contribution in [0.3, 0.4) is 0 Å². The SMILES string of the molecule is COc1cc(C(=O)N2CCC[C@@H]2CO)cc(OC)c1C. The number of ether oxygens (including phenoxy) is 2. The van der Waals surface area contributed by atoms with Gasteiger partial charge < -0.3 is 19.5 Å². The highest BCUT2D eigenvalue weighted by atomic mass is 16.5. The first kappa shape index (κ1) is 14.7. The van der Waals surface area contributed by atoms with Gasteiger partial charge in [-0.3, -0.25) is 4.79 Å². The van der Waals surface area contributed by atoms with Crippen molar-refractivity contribution in [2.24, 2.45) is 0 Å². The Kier molecular flexibility index (Phi) is 4.49.